The number of benzene rings is 2. The third kappa shape index (κ3) is 3.16. The molecule has 2 aromatic rings. The maximum atomic E-state index is 13.5. The first-order valence-corrected chi connectivity index (χ1v) is 10.4. The molecule has 6 nitrogen and oxygen atoms in total. The minimum Gasteiger partial charge on any atom is -0.373 e. The van der Waals surface area contributed by atoms with Gasteiger partial charge in [-0.25, -0.2) is 4.79 Å². The summed E-state index contributed by atoms with van der Waals surface area (Å²) in [4.78, 5) is 42.1. The van der Waals surface area contributed by atoms with Crippen LogP contribution in [0, 0.1) is 5.41 Å². The van der Waals surface area contributed by atoms with Crippen molar-refractivity contribution in [3.63, 3.8) is 0 Å². The lowest BCUT2D eigenvalue weighted by atomic mass is 9.73. The average Bonchev–Trinajstić information content (AvgIpc) is 2.72. The fourth-order valence-corrected chi connectivity index (χ4v) is 4.64. The van der Waals surface area contributed by atoms with Crippen LogP contribution in [0.1, 0.15) is 38.2 Å². The molecule has 0 aromatic heterocycles. The Morgan fingerprint density at radius 3 is 2.62 bits per heavy atom. The highest BCUT2D eigenvalue weighted by Crippen LogP contribution is 2.42. The van der Waals surface area contributed by atoms with Gasteiger partial charge in [0.2, 0.25) is 11.8 Å². The highest BCUT2D eigenvalue weighted by Gasteiger charge is 2.56. The number of anilines is 1. The Labute approximate surface area is 170 Å². The van der Waals surface area contributed by atoms with Crippen LogP contribution < -0.4 is 10.2 Å². The standard InChI is InChI=1S/C23H27N3O3/c1-3-4-5-8-13-26-21(28)23(20(27)24-22(26)29)14-18-17-10-7-6-9-16(17)11-12-19(18)25(2)15-23/h6-7,9-12H,3-5,8,13-15H2,1-2H3,(H,24,27,29)/t23-/m0/s1. The summed E-state index contributed by atoms with van der Waals surface area (Å²) in [5.41, 5.74) is 0.742. The lowest BCUT2D eigenvalue weighted by molar-refractivity contribution is -0.151. The molecule has 1 atom stereocenters. The Morgan fingerprint density at radius 2 is 1.83 bits per heavy atom. The van der Waals surface area contributed by atoms with Gasteiger partial charge in [-0.05, 0) is 28.8 Å². The highest BCUT2D eigenvalue weighted by atomic mass is 16.2. The number of imide groups is 2. The minimum atomic E-state index is -1.27. The fraction of sp³-hybridized carbons (Fsp3) is 0.435. The summed E-state index contributed by atoms with van der Waals surface area (Å²) >= 11 is 0. The molecule has 4 amide bonds. The smallest absolute Gasteiger partial charge is 0.330 e. The summed E-state index contributed by atoms with van der Waals surface area (Å²) in [6.45, 7) is 2.74. The van der Waals surface area contributed by atoms with Crippen LogP contribution in [0.3, 0.4) is 0 Å². The minimum absolute atomic E-state index is 0.266. The molecule has 1 spiro atoms. The molecule has 1 saturated heterocycles. The van der Waals surface area contributed by atoms with E-state index in [0.717, 1.165) is 47.7 Å². The molecule has 4 rings (SSSR count). The van der Waals surface area contributed by atoms with Crippen molar-refractivity contribution in [3.8, 4) is 0 Å². The zero-order valence-corrected chi connectivity index (χ0v) is 17.0. The average molecular weight is 393 g/mol. The fourth-order valence-electron chi connectivity index (χ4n) is 4.64. The number of carbonyl (C=O) groups excluding carboxylic acids is 3. The number of nitrogens with one attached hydrogen (secondary N) is 1. The van der Waals surface area contributed by atoms with E-state index in [1.54, 1.807) is 0 Å². The lowest BCUT2D eigenvalue weighted by Crippen LogP contribution is -2.68. The van der Waals surface area contributed by atoms with Gasteiger partial charge < -0.3 is 4.90 Å². The quantitative estimate of drug-likeness (QED) is 0.624. The van der Waals surface area contributed by atoms with Gasteiger partial charge in [-0.1, -0.05) is 56.5 Å². The van der Waals surface area contributed by atoms with Gasteiger partial charge in [0.15, 0.2) is 0 Å². The summed E-state index contributed by atoms with van der Waals surface area (Å²) < 4.78 is 0. The SMILES string of the molecule is CCCCCCN1C(=O)NC(=O)[C@@]2(Cc3c(ccc4ccccc34)N(C)C2)C1=O. The van der Waals surface area contributed by atoms with Gasteiger partial charge in [-0.2, -0.15) is 0 Å². The van der Waals surface area contributed by atoms with Gasteiger partial charge in [0, 0.05) is 32.2 Å². The molecule has 152 valence electrons. The van der Waals surface area contributed by atoms with E-state index >= 15 is 0 Å². The van der Waals surface area contributed by atoms with E-state index in [0.29, 0.717) is 13.0 Å². The molecular weight excluding hydrogens is 366 g/mol. The number of carbonyl (C=O) groups is 3. The number of barbiturate groups is 1. The first-order chi connectivity index (χ1) is 14.0. The summed E-state index contributed by atoms with van der Waals surface area (Å²) in [5, 5.41) is 4.58. The molecule has 2 heterocycles. The van der Waals surface area contributed by atoms with E-state index in [1.807, 2.05) is 42.3 Å². The third-order valence-corrected chi connectivity index (χ3v) is 6.20. The molecule has 2 aliphatic heterocycles. The summed E-state index contributed by atoms with van der Waals surface area (Å²) in [6, 6.07) is 11.5. The molecule has 2 aromatic carbocycles. The summed E-state index contributed by atoms with van der Waals surface area (Å²) in [6.07, 6.45) is 4.17. The summed E-state index contributed by atoms with van der Waals surface area (Å²) in [5.74, 6) is -0.851. The van der Waals surface area contributed by atoms with Gasteiger partial charge in [0.1, 0.15) is 5.41 Å². The van der Waals surface area contributed by atoms with Crippen LogP contribution in [0.2, 0.25) is 0 Å². The topological polar surface area (TPSA) is 69.7 Å². The maximum absolute atomic E-state index is 13.5. The number of unbranched alkanes of at least 4 members (excludes halogenated alkanes) is 3. The van der Waals surface area contributed by atoms with Crippen molar-refractivity contribution in [2.45, 2.75) is 39.0 Å². The molecule has 2 aliphatic rings. The van der Waals surface area contributed by atoms with Crippen molar-refractivity contribution in [1.29, 1.82) is 0 Å². The van der Waals surface area contributed by atoms with E-state index in [9.17, 15) is 14.4 Å². The van der Waals surface area contributed by atoms with Crippen molar-refractivity contribution in [1.82, 2.24) is 10.2 Å². The molecule has 0 aliphatic carbocycles. The Kier molecular flexibility index (Phi) is 5.03. The van der Waals surface area contributed by atoms with Crippen molar-refractivity contribution < 1.29 is 14.4 Å². The van der Waals surface area contributed by atoms with Crippen molar-refractivity contribution in [2.24, 2.45) is 5.41 Å². The van der Waals surface area contributed by atoms with Crippen LogP contribution in [0.15, 0.2) is 36.4 Å². The number of rotatable bonds is 5. The van der Waals surface area contributed by atoms with Crippen LogP contribution >= 0.6 is 0 Å². The van der Waals surface area contributed by atoms with Gasteiger partial charge in [-0.3, -0.25) is 19.8 Å². The predicted molar refractivity (Wildman–Crippen MR) is 113 cm³/mol. The first kappa shape index (κ1) is 19.4. The largest absolute Gasteiger partial charge is 0.373 e. The Hall–Kier alpha value is -2.89. The first-order valence-electron chi connectivity index (χ1n) is 10.4. The van der Waals surface area contributed by atoms with E-state index < -0.39 is 17.4 Å². The number of fused-ring (bicyclic) bond motifs is 3. The Morgan fingerprint density at radius 1 is 1.03 bits per heavy atom. The zero-order valence-electron chi connectivity index (χ0n) is 17.0. The van der Waals surface area contributed by atoms with E-state index in [-0.39, 0.29) is 12.5 Å². The molecule has 6 heteroatoms. The van der Waals surface area contributed by atoms with E-state index in [4.69, 9.17) is 0 Å². The van der Waals surface area contributed by atoms with E-state index in [1.165, 1.54) is 4.90 Å². The molecular formula is C23H27N3O3. The second-order valence-electron chi connectivity index (χ2n) is 8.18. The number of urea groups is 1. The van der Waals surface area contributed by atoms with Crippen LogP contribution in [0.4, 0.5) is 10.5 Å². The molecule has 1 N–H and O–H groups in total. The van der Waals surface area contributed by atoms with Crippen molar-refractivity contribution in [3.05, 3.63) is 42.0 Å². The van der Waals surface area contributed by atoms with Gasteiger partial charge in [0.05, 0.1) is 0 Å². The second-order valence-corrected chi connectivity index (χ2v) is 8.18. The highest BCUT2D eigenvalue weighted by molar-refractivity contribution is 6.20. The molecule has 0 bridgehead atoms. The zero-order chi connectivity index (χ0) is 20.6. The number of hydrogen-bond acceptors (Lipinski definition) is 4. The number of amides is 4. The van der Waals surface area contributed by atoms with Gasteiger partial charge in [0.25, 0.3) is 0 Å². The normalized spacial score (nSPS) is 21.7. The van der Waals surface area contributed by atoms with Crippen molar-refractivity contribution >= 4 is 34.3 Å². The number of nitrogens with zero attached hydrogens (tertiary/aromatic N) is 2. The second kappa shape index (κ2) is 7.50. The predicted octanol–water partition coefficient (Wildman–Crippen LogP) is 3.48. The molecule has 29 heavy (non-hydrogen) atoms. The van der Waals surface area contributed by atoms with Crippen molar-refractivity contribution in [2.75, 3.05) is 25.0 Å². The molecule has 1 fully saturated rings. The number of hydrogen-bond donors (Lipinski definition) is 1. The van der Waals surface area contributed by atoms with Gasteiger partial charge in [-0.15, -0.1) is 0 Å². The van der Waals surface area contributed by atoms with E-state index in [2.05, 4.69) is 18.3 Å². The van der Waals surface area contributed by atoms with Crippen LogP contribution in [0.25, 0.3) is 10.8 Å². The third-order valence-electron chi connectivity index (χ3n) is 6.20. The molecule has 0 unspecified atom stereocenters. The lowest BCUT2D eigenvalue weighted by Gasteiger charge is -2.45. The molecule has 0 saturated carbocycles. The summed E-state index contributed by atoms with van der Waals surface area (Å²) in [7, 11) is 1.90. The van der Waals surface area contributed by atoms with Gasteiger partial charge >= 0.3 is 6.03 Å². The van der Waals surface area contributed by atoms with Crippen LogP contribution in [-0.2, 0) is 16.0 Å². The Bertz CT molecular complexity index is 986. The Balaban J connectivity index is 1.71. The van der Waals surface area contributed by atoms with Crippen LogP contribution in [-0.4, -0.2) is 42.9 Å². The maximum Gasteiger partial charge on any atom is 0.330 e. The molecule has 0 radical (unpaired) electrons. The monoisotopic (exact) mass is 393 g/mol. The van der Waals surface area contributed by atoms with Crippen LogP contribution in [0.5, 0.6) is 0 Å².